The van der Waals surface area contributed by atoms with E-state index in [0.29, 0.717) is 56.3 Å². The molecule has 0 aliphatic carbocycles. The van der Waals surface area contributed by atoms with Crippen LogP contribution in [0.15, 0.2) is 163 Å². The highest BCUT2D eigenvalue weighted by Gasteiger charge is 2.24. The predicted octanol–water partition coefficient (Wildman–Crippen LogP) is 8.39. The first-order valence-corrected chi connectivity index (χ1v) is 36.8. The fraction of sp³-hybridized carbons (Fsp3) is 0.400. The number of aromatic amines is 5. The number of aliphatic imine (C=N–C) groups is 1. The molecule has 97 heavy (non-hydrogen) atoms. The standard InChI is InChI=1S/C45H56N4O5S2.2C10H16N.2C5H6N2O2.BrH/c1-4-5-6-7-8-9-10-11-12-13-14-15-16-19-27-55(51,52)48-42-24-20-23-37-39(30-47-45(37)42)38-28-33-21-17-18-22-35(33)41(32-50)44(38)40-31-46-43-29-34(25-26-36(40)43)56(53,54)49(2)3;2*1-3-4-8-11-9-6-5-7-10(11)2;2*1-3-2-4(8)7-5(9)6-3;/h17-18,20-26,28-32,47-48,50H,4-16,19,27H2,1-3H3;2*5-7,9H,3-4,8H2,1-2H3;2*2H,1H3,(H2,6,7,8,9);1H/q;2*+1;;;/p-2. The number of halogens is 1. The number of hydrogen-bond acceptors (Lipinski definition) is 10. The average molecular weight is 1430 g/mol. The Morgan fingerprint density at radius 2 is 1.05 bits per heavy atom. The van der Waals surface area contributed by atoms with E-state index < -0.39 is 31.4 Å². The Hall–Kier alpha value is -8.31. The Morgan fingerprint density at radius 1 is 0.546 bits per heavy atom. The van der Waals surface area contributed by atoms with Gasteiger partial charge in [-0.05, 0) is 71.3 Å². The SMILES string of the molecule is CCCCCCCCCCCCCCCCS(=O)(=O)Nc1cccc2c(-c3cc4ccccc4c(=C[O-])c3=C3C=Nc4cc(S(=O)(=O)N(C)C)ccc43)c[nH]c12.CCCC[n+]1ccccc1C.CCCC[n+]1ccccc1C.Cc1cc(=O)[nH]c(=O)[nH]1.Cc1cc(=O)[nH]c(=O)[nH]1.[Br-]. The van der Waals surface area contributed by atoms with E-state index in [2.05, 4.69) is 117 Å². The molecule has 0 unspecified atom stereocenters. The number of aromatic nitrogens is 7. The molecule has 10 rings (SSSR count). The van der Waals surface area contributed by atoms with Crippen molar-refractivity contribution in [2.75, 3.05) is 24.6 Å². The molecule has 22 heteroatoms. The lowest BCUT2D eigenvalue weighted by molar-refractivity contribution is -0.703. The largest absolute Gasteiger partial charge is 1.00 e. The van der Waals surface area contributed by atoms with Gasteiger partial charge in [0, 0.05) is 123 Å². The maximum absolute atomic E-state index is 13.3. The number of hydrogen-bond donors (Lipinski definition) is 6. The van der Waals surface area contributed by atoms with Crippen molar-refractivity contribution in [3.05, 3.63) is 214 Å². The average Bonchev–Trinajstić information content (AvgIpc) is 1.67. The summed E-state index contributed by atoms with van der Waals surface area (Å²) in [5.74, 6) is 0.0567. The molecule has 4 aromatic carbocycles. The van der Waals surface area contributed by atoms with Crippen molar-refractivity contribution < 1.29 is 48.1 Å². The van der Waals surface area contributed by atoms with Gasteiger partial charge in [-0.3, -0.25) is 29.3 Å². The molecule has 0 bridgehead atoms. The maximum atomic E-state index is 13.3. The Balaban J connectivity index is 0.000000328. The molecule has 0 fully saturated rings. The molecule has 0 atom stereocenters. The normalized spacial score (nSPS) is 12.3. The molecule has 9 aromatic rings. The number of nitrogens with one attached hydrogen (secondary N) is 6. The van der Waals surface area contributed by atoms with Crippen LogP contribution >= 0.6 is 0 Å². The molecule has 0 saturated heterocycles. The number of unbranched alkanes of at least 4 members (excludes halogenated alkanes) is 15. The van der Waals surface area contributed by atoms with E-state index in [0.717, 1.165) is 70.2 Å². The summed E-state index contributed by atoms with van der Waals surface area (Å²) in [5.41, 5.74) is 6.75. The Morgan fingerprint density at radius 3 is 1.55 bits per heavy atom. The second kappa shape index (κ2) is 40.4. The molecule has 6 heterocycles. The van der Waals surface area contributed by atoms with Crippen LogP contribution in [0.1, 0.15) is 165 Å². The van der Waals surface area contributed by atoms with Crippen LogP contribution in [-0.2, 0) is 33.1 Å². The molecular weight excluding hydrogens is 1330 g/mol. The minimum atomic E-state index is -3.68. The molecule has 0 radical (unpaired) electrons. The first-order chi connectivity index (χ1) is 46.1. The van der Waals surface area contributed by atoms with E-state index in [9.17, 15) is 41.1 Å². The number of pyridine rings is 2. The summed E-state index contributed by atoms with van der Waals surface area (Å²) in [6.07, 6.45) is 30.6. The number of H-pyrrole nitrogens is 5. The molecule has 0 amide bonds. The number of anilines is 1. The summed E-state index contributed by atoms with van der Waals surface area (Å²) in [7, 11) is -4.31. The number of sulfonamides is 2. The highest BCUT2D eigenvalue weighted by molar-refractivity contribution is 7.92. The van der Waals surface area contributed by atoms with Gasteiger partial charge >= 0.3 is 11.4 Å². The van der Waals surface area contributed by atoms with Crippen molar-refractivity contribution >= 4 is 71.1 Å². The van der Waals surface area contributed by atoms with Crippen LogP contribution in [0.5, 0.6) is 0 Å². The lowest BCUT2D eigenvalue weighted by Crippen LogP contribution is -3.00. The first-order valence-electron chi connectivity index (χ1n) is 33.7. The predicted molar refractivity (Wildman–Crippen MR) is 388 cm³/mol. The van der Waals surface area contributed by atoms with Gasteiger partial charge in [0.2, 0.25) is 20.0 Å². The summed E-state index contributed by atoms with van der Waals surface area (Å²) in [5, 5.41) is 16.6. The van der Waals surface area contributed by atoms with E-state index in [4.69, 9.17) is 0 Å². The highest BCUT2D eigenvalue weighted by Crippen LogP contribution is 2.36. The van der Waals surface area contributed by atoms with Crippen LogP contribution < -0.4 is 68.9 Å². The van der Waals surface area contributed by atoms with E-state index in [-0.39, 0.29) is 38.7 Å². The third-order valence-corrected chi connectivity index (χ3v) is 19.7. The van der Waals surface area contributed by atoms with Crippen molar-refractivity contribution in [3.63, 3.8) is 0 Å². The molecular formula is C75H99BrN10O9S2. The van der Waals surface area contributed by atoms with Gasteiger partial charge in [0.25, 0.3) is 11.1 Å². The first kappa shape index (κ1) is 79.4. The summed E-state index contributed by atoms with van der Waals surface area (Å²) in [4.78, 5) is 58.6. The van der Waals surface area contributed by atoms with Crippen molar-refractivity contribution in [1.82, 2.24) is 29.2 Å². The van der Waals surface area contributed by atoms with Crippen LogP contribution in [0.4, 0.5) is 11.4 Å². The van der Waals surface area contributed by atoms with Gasteiger partial charge in [-0.1, -0.05) is 172 Å². The van der Waals surface area contributed by atoms with Gasteiger partial charge in [0.05, 0.1) is 27.5 Å². The summed E-state index contributed by atoms with van der Waals surface area (Å²) >= 11 is 0. The zero-order valence-electron chi connectivity index (χ0n) is 57.9. The molecule has 1 aliphatic heterocycles. The van der Waals surface area contributed by atoms with Crippen LogP contribution in [0.3, 0.4) is 0 Å². The second-order valence-electron chi connectivity index (χ2n) is 24.5. The van der Waals surface area contributed by atoms with Gasteiger partial charge in [0.15, 0.2) is 23.8 Å². The molecule has 522 valence electrons. The van der Waals surface area contributed by atoms with Gasteiger partial charge in [0.1, 0.15) is 13.1 Å². The van der Waals surface area contributed by atoms with Crippen molar-refractivity contribution in [3.8, 4) is 11.1 Å². The van der Waals surface area contributed by atoms with Crippen LogP contribution in [0.25, 0.3) is 44.6 Å². The minimum absolute atomic E-state index is 0. The van der Waals surface area contributed by atoms with Crippen molar-refractivity contribution in [1.29, 1.82) is 0 Å². The molecule has 0 saturated carbocycles. The maximum Gasteiger partial charge on any atom is 0.325 e. The quantitative estimate of drug-likeness (QED) is 0.0224. The number of aryl methyl sites for hydroxylation is 6. The fourth-order valence-corrected chi connectivity index (χ4v) is 13.4. The van der Waals surface area contributed by atoms with Gasteiger partial charge < -0.3 is 37.0 Å². The number of nitrogens with zero attached hydrogens (tertiary/aromatic N) is 4. The molecule has 1 aliphatic rings. The summed E-state index contributed by atoms with van der Waals surface area (Å²) in [6.45, 7) is 16.6. The van der Waals surface area contributed by atoms with Gasteiger partial charge in [-0.15, -0.1) is 6.26 Å². The Labute approximate surface area is 581 Å². The topological polar surface area (TPSA) is 274 Å². The van der Waals surface area contributed by atoms with Crippen LogP contribution in [0.2, 0.25) is 0 Å². The van der Waals surface area contributed by atoms with Crippen molar-refractivity contribution in [2.45, 2.75) is 182 Å². The van der Waals surface area contributed by atoms with E-state index in [1.165, 1.54) is 128 Å². The zero-order chi connectivity index (χ0) is 69.6. The molecule has 0 spiro atoms. The molecule has 6 N–H and O–H groups in total. The Bertz CT molecular complexity index is 4460. The summed E-state index contributed by atoms with van der Waals surface area (Å²) < 4.78 is 61.0. The third kappa shape index (κ3) is 24.6. The third-order valence-electron chi connectivity index (χ3n) is 16.5. The second-order valence-corrected chi connectivity index (χ2v) is 28.5. The highest BCUT2D eigenvalue weighted by atomic mass is 79.9. The van der Waals surface area contributed by atoms with E-state index in [1.807, 2.05) is 58.6 Å². The van der Waals surface area contributed by atoms with Gasteiger partial charge in [-0.25, -0.2) is 39.9 Å². The van der Waals surface area contributed by atoms with Gasteiger partial charge in [-0.2, -0.15) is 0 Å². The van der Waals surface area contributed by atoms with Crippen LogP contribution in [-0.4, -0.2) is 72.1 Å². The fourth-order valence-electron chi connectivity index (χ4n) is 11.3. The lowest BCUT2D eigenvalue weighted by Gasteiger charge is -2.13. The van der Waals surface area contributed by atoms with E-state index >= 15 is 0 Å². The monoisotopic (exact) mass is 1430 g/mol. The number of rotatable bonds is 26. The summed E-state index contributed by atoms with van der Waals surface area (Å²) in [6, 6.07) is 35.4. The molecule has 5 aromatic heterocycles. The number of fused-ring (bicyclic) bond motifs is 3. The van der Waals surface area contributed by atoms with Crippen molar-refractivity contribution in [2.24, 2.45) is 4.99 Å². The lowest BCUT2D eigenvalue weighted by atomic mass is 9.92. The minimum Gasteiger partial charge on any atom is -1.00 e. The van der Waals surface area contributed by atoms with E-state index in [1.54, 1.807) is 44.3 Å². The van der Waals surface area contributed by atoms with Crippen LogP contribution in [0, 0.1) is 27.7 Å². The number of para-hydroxylation sites is 1. The smallest absolute Gasteiger partial charge is 0.325 e. The number of benzene rings is 4. The zero-order valence-corrected chi connectivity index (χ0v) is 61.1. The molecule has 19 nitrogen and oxygen atoms in total. The Kier molecular flexibility index (Phi) is 33.1.